The average molecular weight is 279 g/mol. The maximum atomic E-state index is 9.45. The lowest BCUT2D eigenvalue weighted by molar-refractivity contribution is 0.265. The summed E-state index contributed by atoms with van der Waals surface area (Å²) >= 11 is 0. The van der Waals surface area contributed by atoms with Gasteiger partial charge in [-0.3, -0.25) is 0 Å². The van der Waals surface area contributed by atoms with Crippen LogP contribution in [-0.2, 0) is 19.4 Å². The molecule has 0 saturated carbocycles. The molecule has 106 valence electrons. The van der Waals surface area contributed by atoms with Crippen molar-refractivity contribution < 1.29 is 9.63 Å². The molecule has 0 aliphatic heterocycles. The first-order chi connectivity index (χ1) is 10.4. The highest BCUT2D eigenvalue weighted by atomic mass is 16.5. The number of rotatable bonds is 5. The molecule has 0 radical (unpaired) electrons. The third-order valence-corrected chi connectivity index (χ3v) is 3.53. The van der Waals surface area contributed by atoms with Gasteiger partial charge < -0.3 is 9.63 Å². The summed E-state index contributed by atoms with van der Waals surface area (Å²) in [5.74, 6) is 0.828. The van der Waals surface area contributed by atoms with Crippen molar-refractivity contribution in [2.24, 2.45) is 0 Å². The van der Waals surface area contributed by atoms with E-state index >= 15 is 0 Å². The Morgan fingerprint density at radius 3 is 1.95 bits per heavy atom. The quantitative estimate of drug-likeness (QED) is 0.779. The van der Waals surface area contributed by atoms with E-state index in [1.165, 1.54) is 11.1 Å². The second-order valence-electron chi connectivity index (χ2n) is 5.01. The predicted molar refractivity (Wildman–Crippen MR) is 80.9 cm³/mol. The highest BCUT2D eigenvalue weighted by molar-refractivity contribution is 5.33. The maximum absolute atomic E-state index is 9.45. The lowest BCUT2D eigenvalue weighted by Crippen LogP contribution is -1.98. The Balaban J connectivity index is 1.89. The topological polar surface area (TPSA) is 46.3 Å². The third-order valence-electron chi connectivity index (χ3n) is 3.53. The molecule has 0 saturated heterocycles. The molecule has 1 N–H and O–H groups in total. The Bertz CT molecular complexity index is 690. The van der Waals surface area contributed by atoms with Gasteiger partial charge in [0, 0.05) is 18.4 Å². The normalized spacial score (nSPS) is 10.7. The molecule has 0 aliphatic rings. The molecular weight excluding hydrogens is 262 g/mol. The van der Waals surface area contributed by atoms with Crippen LogP contribution >= 0.6 is 0 Å². The van der Waals surface area contributed by atoms with Gasteiger partial charge in [0.15, 0.2) is 0 Å². The Hall–Kier alpha value is -2.39. The van der Waals surface area contributed by atoms with Crippen molar-refractivity contribution in [3.8, 4) is 0 Å². The molecule has 2 aromatic carbocycles. The molecule has 1 heterocycles. The number of aliphatic hydroxyl groups is 1. The van der Waals surface area contributed by atoms with Crippen LogP contribution in [0.25, 0.3) is 0 Å². The van der Waals surface area contributed by atoms with Crippen LogP contribution in [0.4, 0.5) is 0 Å². The van der Waals surface area contributed by atoms with Gasteiger partial charge in [0.2, 0.25) is 0 Å². The number of aliphatic hydroxyl groups excluding tert-OH is 1. The van der Waals surface area contributed by atoms with Crippen LogP contribution in [0.1, 0.15) is 28.1 Å². The summed E-state index contributed by atoms with van der Waals surface area (Å²) in [5.41, 5.74) is 3.98. The molecule has 0 atom stereocenters. The van der Waals surface area contributed by atoms with Crippen molar-refractivity contribution in [1.29, 1.82) is 0 Å². The maximum Gasteiger partial charge on any atom is 0.144 e. The van der Waals surface area contributed by atoms with E-state index in [-0.39, 0.29) is 6.61 Å². The van der Waals surface area contributed by atoms with Crippen LogP contribution in [0.15, 0.2) is 65.2 Å². The van der Waals surface area contributed by atoms with Gasteiger partial charge in [-0.25, -0.2) is 0 Å². The van der Waals surface area contributed by atoms with Crippen LogP contribution in [0, 0.1) is 0 Å². The molecule has 0 fully saturated rings. The van der Waals surface area contributed by atoms with Crippen LogP contribution in [-0.4, -0.2) is 10.3 Å². The van der Waals surface area contributed by atoms with E-state index in [4.69, 9.17) is 4.52 Å². The molecule has 3 heteroatoms. The van der Waals surface area contributed by atoms with E-state index in [0.717, 1.165) is 17.7 Å². The van der Waals surface area contributed by atoms with Gasteiger partial charge in [0.25, 0.3) is 0 Å². The van der Waals surface area contributed by atoms with Crippen molar-refractivity contribution >= 4 is 0 Å². The highest BCUT2D eigenvalue weighted by Gasteiger charge is 2.16. The number of benzene rings is 2. The van der Waals surface area contributed by atoms with Gasteiger partial charge in [-0.05, 0) is 11.1 Å². The lowest BCUT2D eigenvalue weighted by atomic mass is 10.00. The number of hydrogen-bond acceptors (Lipinski definition) is 3. The summed E-state index contributed by atoms with van der Waals surface area (Å²) in [5, 5.41) is 13.5. The molecule has 0 unspecified atom stereocenters. The lowest BCUT2D eigenvalue weighted by Gasteiger charge is -2.04. The van der Waals surface area contributed by atoms with Crippen molar-refractivity contribution in [2.45, 2.75) is 19.4 Å². The molecule has 3 rings (SSSR count). The van der Waals surface area contributed by atoms with Crippen molar-refractivity contribution in [2.75, 3.05) is 0 Å². The van der Waals surface area contributed by atoms with Gasteiger partial charge in [0.05, 0.1) is 6.61 Å². The van der Waals surface area contributed by atoms with Crippen LogP contribution < -0.4 is 0 Å². The van der Waals surface area contributed by atoms with Gasteiger partial charge in [-0.1, -0.05) is 65.8 Å². The second kappa shape index (κ2) is 6.37. The van der Waals surface area contributed by atoms with E-state index in [2.05, 4.69) is 29.4 Å². The molecule has 0 amide bonds. The van der Waals surface area contributed by atoms with E-state index < -0.39 is 0 Å². The zero-order valence-corrected chi connectivity index (χ0v) is 11.7. The van der Waals surface area contributed by atoms with Gasteiger partial charge in [-0.2, -0.15) is 0 Å². The number of hydrogen-bond donors (Lipinski definition) is 1. The van der Waals surface area contributed by atoms with Gasteiger partial charge in [-0.15, -0.1) is 0 Å². The minimum atomic E-state index is -0.0968. The van der Waals surface area contributed by atoms with E-state index in [9.17, 15) is 5.11 Å². The smallest absolute Gasteiger partial charge is 0.144 e. The first kappa shape index (κ1) is 13.6. The fourth-order valence-corrected chi connectivity index (χ4v) is 2.43. The minimum Gasteiger partial charge on any atom is -0.390 e. The van der Waals surface area contributed by atoms with E-state index in [0.29, 0.717) is 12.1 Å². The highest BCUT2D eigenvalue weighted by Crippen LogP contribution is 2.21. The summed E-state index contributed by atoms with van der Waals surface area (Å²) in [6, 6.07) is 20.3. The Labute approximate surface area is 123 Å². The SMILES string of the molecule is OCc1noc(Cc2ccccc2)c1Cc1ccccc1. The molecular formula is C18H17NO2. The van der Waals surface area contributed by atoms with E-state index in [1.807, 2.05) is 36.4 Å². The first-order valence-electron chi connectivity index (χ1n) is 7.02. The molecule has 0 spiro atoms. The molecule has 0 aliphatic carbocycles. The zero-order valence-electron chi connectivity index (χ0n) is 11.7. The summed E-state index contributed by atoms with van der Waals surface area (Å²) < 4.78 is 5.45. The fourth-order valence-electron chi connectivity index (χ4n) is 2.43. The number of nitrogens with zero attached hydrogens (tertiary/aromatic N) is 1. The Morgan fingerprint density at radius 1 is 0.810 bits per heavy atom. The van der Waals surface area contributed by atoms with Crippen molar-refractivity contribution in [3.05, 3.63) is 88.8 Å². The van der Waals surface area contributed by atoms with Crippen LogP contribution in [0.2, 0.25) is 0 Å². The monoisotopic (exact) mass is 279 g/mol. The largest absolute Gasteiger partial charge is 0.390 e. The summed E-state index contributed by atoms with van der Waals surface area (Å²) in [7, 11) is 0. The summed E-state index contributed by atoms with van der Waals surface area (Å²) in [6.45, 7) is -0.0968. The van der Waals surface area contributed by atoms with Crippen molar-refractivity contribution in [3.63, 3.8) is 0 Å². The van der Waals surface area contributed by atoms with Gasteiger partial charge in [0.1, 0.15) is 11.5 Å². The Kier molecular flexibility index (Phi) is 4.12. The molecule has 21 heavy (non-hydrogen) atoms. The zero-order chi connectivity index (χ0) is 14.5. The molecule has 1 aromatic heterocycles. The molecule has 0 bridgehead atoms. The minimum absolute atomic E-state index is 0.0968. The van der Waals surface area contributed by atoms with E-state index in [1.54, 1.807) is 0 Å². The fraction of sp³-hybridized carbons (Fsp3) is 0.167. The van der Waals surface area contributed by atoms with Gasteiger partial charge >= 0.3 is 0 Å². The van der Waals surface area contributed by atoms with Crippen LogP contribution in [0.3, 0.4) is 0 Å². The molecule has 3 nitrogen and oxygen atoms in total. The Morgan fingerprint density at radius 2 is 1.38 bits per heavy atom. The van der Waals surface area contributed by atoms with Crippen LogP contribution in [0.5, 0.6) is 0 Å². The number of aromatic nitrogens is 1. The summed E-state index contributed by atoms with van der Waals surface area (Å²) in [6.07, 6.45) is 1.42. The molecule has 3 aromatic rings. The first-order valence-corrected chi connectivity index (χ1v) is 7.02. The van der Waals surface area contributed by atoms with Crippen molar-refractivity contribution in [1.82, 2.24) is 5.16 Å². The standard InChI is InChI=1S/C18H17NO2/c20-13-17-16(11-14-7-3-1-4-8-14)18(21-19-17)12-15-9-5-2-6-10-15/h1-10,20H,11-13H2. The third kappa shape index (κ3) is 3.20. The summed E-state index contributed by atoms with van der Waals surface area (Å²) in [4.78, 5) is 0. The predicted octanol–water partition coefficient (Wildman–Crippen LogP) is 3.35. The second-order valence-corrected chi connectivity index (χ2v) is 5.01. The average Bonchev–Trinajstić information content (AvgIpc) is 2.91.